The number of halogens is 1. The second-order valence-electron chi connectivity index (χ2n) is 4.01. The monoisotopic (exact) mass is 325 g/mol. The molecule has 0 aromatic heterocycles. The van der Waals surface area contributed by atoms with Crippen molar-refractivity contribution in [2.45, 2.75) is 0 Å². The summed E-state index contributed by atoms with van der Waals surface area (Å²) in [4.78, 5) is 11.8. The number of carbonyl (C=O) groups is 1. The lowest BCUT2D eigenvalue weighted by atomic mass is 10.3. The maximum Gasteiger partial charge on any atom is 0.323 e. The van der Waals surface area contributed by atoms with Crippen molar-refractivity contribution in [1.29, 1.82) is 0 Å². The Hall–Kier alpha value is -2.09. The molecule has 0 saturated carbocycles. The molecule has 0 aliphatic rings. The Morgan fingerprint density at radius 1 is 0.905 bits per heavy atom. The molecule has 0 radical (unpaired) electrons. The molecular formula is C13H12ClN3O3S. The van der Waals surface area contributed by atoms with Crippen LogP contribution in [0.5, 0.6) is 0 Å². The highest BCUT2D eigenvalue weighted by atomic mass is 35.5. The number of carbonyl (C=O) groups excluding carboxylic acids is 1. The average Bonchev–Trinajstić information content (AvgIpc) is 2.43. The van der Waals surface area contributed by atoms with Crippen molar-refractivity contribution in [1.82, 2.24) is 0 Å². The fourth-order valence-corrected chi connectivity index (χ4v) is 2.01. The third-order valence-corrected chi connectivity index (χ3v) is 3.11. The van der Waals surface area contributed by atoms with E-state index in [9.17, 15) is 9.00 Å². The summed E-state index contributed by atoms with van der Waals surface area (Å²) >= 11 is 3.63. The number of nitrogens with one attached hydrogen (secondary N) is 3. The minimum absolute atomic E-state index is 0.399. The van der Waals surface area contributed by atoms with E-state index in [-0.39, 0.29) is 0 Å². The lowest BCUT2D eigenvalue weighted by Gasteiger charge is -2.08. The van der Waals surface area contributed by atoms with E-state index in [0.29, 0.717) is 22.1 Å². The van der Waals surface area contributed by atoms with Crippen LogP contribution in [0.4, 0.5) is 21.9 Å². The zero-order valence-electron chi connectivity index (χ0n) is 10.7. The number of hydrogen-bond donors (Lipinski definition) is 4. The molecule has 21 heavy (non-hydrogen) atoms. The molecule has 1 atom stereocenters. The molecule has 0 aliphatic heterocycles. The van der Waals surface area contributed by atoms with E-state index in [1.807, 2.05) is 0 Å². The minimum Gasteiger partial charge on any atom is -0.308 e. The van der Waals surface area contributed by atoms with Crippen LogP contribution in [0.15, 0.2) is 48.5 Å². The van der Waals surface area contributed by atoms with Gasteiger partial charge in [-0.25, -0.2) is 9.00 Å². The molecule has 0 spiro atoms. The maximum atomic E-state index is 11.8. The van der Waals surface area contributed by atoms with Gasteiger partial charge in [-0.15, -0.1) is 0 Å². The van der Waals surface area contributed by atoms with E-state index in [1.54, 1.807) is 48.5 Å². The van der Waals surface area contributed by atoms with Gasteiger partial charge in [-0.1, -0.05) is 11.6 Å². The smallest absolute Gasteiger partial charge is 0.308 e. The van der Waals surface area contributed by atoms with Gasteiger partial charge in [0.15, 0.2) is 0 Å². The van der Waals surface area contributed by atoms with Gasteiger partial charge in [-0.05, 0) is 48.5 Å². The third kappa shape index (κ3) is 5.07. The first kappa shape index (κ1) is 15.3. The topological polar surface area (TPSA) is 90.5 Å². The molecular weight excluding hydrogens is 314 g/mol. The van der Waals surface area contributed by atoms with Gasteiger partial charge in [0.05, 0.1) is 0 Å². The molecule has 0 bridgehead atoms. The molecule has 1 unspecified atom stereocenters. The highest BCUT2D eigenvalue weighted by Gasteiger charge is 2.03. The zero-order valence-corrected chi connectivity index (χ0v) is 12.2. The van der Waals surface area contributed by atoms with Crippen LogP contribution in [0.2, 0.25) is 5.02 Å². The Kier molecular flexibility index (Phi) is 5.15. The van der Waals surface area contributed by atoms with Crippen LogP contribution < -0.4 is 15.4 Å². The van der Waals surface area contributed by atoms with Gasteiger partial charge in [0, 0.05) is 22.1 Å². The van der Waals surface area contributed by atoms with Crippen LogP contribution in [-0.2, 0) is 11.3 Å². The predicted octanol–water partition coefficient (Wildman–Crippen LogP) is 3.53. The Balaban J connectivity index is 1.93. The van der Waals surface area contributed by atoms with Gasteiger partial charge in [-0.3, -0.25) is 9.27 Å². The summed E-state index contributed by atoms with van der Waals surface area (Å²) < 4.78 is 21.6. The van der Waals surface area contributed by atoms with Crippen LogP contribution in [0.25, 0.3) is 0 Å². The van der Waals surface area contributed by atoms with Crippen LogP contribution in [0.1, 0.15) is 0 Å². The van der Waals surface area contributed by atoms with Crippen molar-refractivity contribution >= 4 is 46.0 Å². The molecule has 2 rings (SSSR count). The standard InChI is InChI=1S/C13H12ClN3O3S/c14-9-1-3-10(4-2-9)15-13(18)16-11-5-7-12(8-6-11)17-21(19)20/h1-8,17H,(H,19,20)(H2,15,16,18). The average molecular weight is 326 g/mol. The van der Waals surface area contributed by atoms with E-state index in [4.69, 9.17) is 16.2 Å². The Morgan fingerprint density at radius 3 is 1.81 bits per heavy atom. The summed E-state index contributed by atoms with van der Waals surface area (Å²) in [5.41, 5.74) is 1.64. The zero-order chi connectivity index (χ0) is 15.2. The van der Waals surface area contributed by atoms with Gasteiger partial charge in [0.2, 0.25) is 0 Å². The second kappa shape index (κ2) is 7.07. The normalized spacial score (nSPS) is 11.5. The number of rotatable bonds is 4. The molecule has 2 amide bonds. The molecule has 0 aliphatic carbocycles. The summed E-state index contributed by atoms with van der Waals surface area (Å²) in [6.07, 6.45) is 0. The summed E-state index contributed by atoms with van der Waals surface area (Å²) in [7, 11) is 0. The van der Waals surface area contributed by atoms with Gasteiger partial charge < -0.3 is 10.6 Å². The van der Waals surface area contributed by atoms with Gasteiger partial charge >= 0.3 is 6.03 Å². The largest absolute Gasteiger partial charge is 0.323 e. The molecule has 4 N–H and O–H groups in total. The summed E-state index contributed by atoms with van der Waals surface area (Å²) in [5.74, 6) is 0. The number of benzene rings is 2. The first-order valence-electron chi connectivity index (χ1n) is 5.84. The fraction of sp³-hybridized carbons (Fsp3) is 0. The van der Waals surface area contributed by atoms with Crippen molar-refractivity contribution in [3.8, 4) is 0 Å². The SMILES string of the molecule is O=C(Nc1ccc(Cl)cc1)Nc1ccc(NS(=O)O)cc1. The number of hydrogen-bond acceptors (Lipinski definition) is 2. The predicted molar refractivity (Wildman–Crippen MR) is 84.9 cm³/mol. The Labute approximate surface area is 128 Å². The van der Waals surface area contributed by atoms with Crippen molar-refractivity contribution in [3.05, 3.63) is 53.6 Å². The lowest BCUT2D eigenvalue weighted by molar-refractivity contribution is 0.262. The first-order valence-corrected chi connectivity index (χ1v) is 7.32. The number of urea groups is 1. The quantitative estimate of drug-likeness (QED) is 0.648. The summed E-state index contributed by atoms with van der Waals surface area (Å²) in [5, 5.41) is 5.88. The van der Waals surface area contributed by atoms with Crippen molar-refractivity contribution in [2.75, 3.05) is 15.4 Å². The molecule has 2 aromatic rings. The minimum atomic E-state index is -2.12. The van der Waals surface area contributed by atoms with Crippen LogP contribution in [0.3, 0.4) is 0 Å². The van der Waals surface area contributed by atoms with Gasteiger partial charge in [-0.2, -0.15) is 0 Å². The van der Waals surface area contributed by atoms with Crippen LogP contribution in [0, 0.1) is 0 Å². The van der Waals surface area contributed by atoms with E-state index in [1.165, 1.54) is 0 Å². The lowest BCUT2D eigenvalue weighted by Crippen LogP contribution is -2.19. The van der Waals surface area contributed by atoms with E-state index in [2.05, 4.69) is 15.4 Å². The van der Waals surface area contributed by atoms with E-state index < -0.39 is 17.3 Å². The third-order valence-electron chi connectivity index (χ3n) is 2.45. The number of anilines is 3. The number of amides is 2. The summed E-state index contributed by atoms with van der Waals surface area (Å²) in [6.45, 7) is 0. The molecule has 0 fully saturated rings. The molecule has 2 aromatic carbocycles. The van der Waals surface area contributed by atoms with Crippen molar-refractivity contribution < 1.29 is 13.6 Å². The Morgan fingerprint density at radius 2 is 1.33 bits per heavy atom. The molecule has 8 heteroatoms. The fourth-order valence-electron chi connectivity index (χ4n) is 1.55. The second-order valence-corrected chi connectivity index (χ2v) is 5.15. The van der Waals surface area contributed by atoms with E-state index >= 15 is 0 Å². The molecule has 0 heterocycles. The van der Waals surface area contributed by atoms with Crippen LogP contribution in [-0.4, -0.2) is 14.8 Å². The highest BCUT2D eigenvalue weighted by Crippen LogP contribution is 2.16. The van der Waals surface area contributed by atoms with E-state index in [0.717, 1.165) is 0 Å². The Bertz CT molecular complexity index is 647. The first-order chi connectivity index (χ1) is 10.0. The maximum absolute atomic E-state index is 11.8. The van der Waals surface area contributed by atoms with Crippen molar-refractivity contribution in [2.24, 2.45) is 0 Å². The molecule has 110 valence electrons. The molecule has 0 saturated heterocycles. The summed E-state index contributed by atoms with van der Waals surface area (Å²) in [6, 6.07) is 12.7. The highest BCUT2D eigenvalue weighted by molar-refractivity contribution is 7.80. The van der Waals surface area contributed by atoms with Gasteiger partial charge in [0.25, 0.3) is 11.3 Å². The van der Waals surface area contributed by atoms with Crippen molar-refractivity contribution in [3.63, 3.8) is 0 Å². The molecule has 6 nitrogen and oxygen atoms in total. The van der Waals surface area contributed by atoms with Crippen LogP contribution >= 0.6 is 11.6 Å². The van der Waals surface area contributed by atoms with Gasteiger partial charge in [0.1, 0.15) is 0 Å².